The molecule has 0 aliphatic heterocycles. The maximum atomic E-state index is 6.36. The first-order valence-electron chi connectivity index (χ1n) is 9.11. The van der Waals surface area contributed by atoms with E-state index < -0.39 is 0 Å². The Morgan fingerprint density at radius 1 is 1.24 bits per heavy atom. The SMILES string of the molecule is CC=CC(OC1CCCCC1)c1nc(-c2cccc(OC)c2)oc1C. The molecular weight excluding hydrogens is 314 g/mol. The molecule has 3 rings (SSSR count). The van der Waals surface area contributed by atoms with Gasteiger partial charge in [-0.05, 0) is 44.9 Å². The van der Waals surface area contributed by atoms with Gasteiger partial charge in [0.2, 0.25) is 5.89 Å². The van der Waals surface area contributed by atoms with Crippen LogP contribution in [0.25, 0.3) is 11.5 Å². The molecule has 0 radical (unpaired) electrons. The smallest absolute Gasteiger partial charge is 0.226 e. The molecule has 1 heterocycles. The molecule has 25 heavy (non-hydrogen) atoms. The summed E-state index contributed by atoms with van der Waals surface area (Å²) in [6, 6.07) is 7.76. The van der Waals surface area contributed by atoms with Crippen LogP contribution in [-0.4, -0.2) is 18.2 Å². The molecule has 1 unspecified atom stereocenters. The summed E-state index contributed by atoms with van der Waals surface area (Å²) in [7, 11) is 1.66. The average Bonchev–Trinajstić information content (AvgIpc) is 3.04. The lowest BCUT2D eigenvalue weighted by molar-refractivity contribution is -0.0105. The van der Waals surface area contributed by atoms with Gasteiger partial charge in [-0.1, -0.05) is 37.5 Å². The summed E-state index contributed by atoms with van der Waals surface area (Å²) < 4.78 is 17.6. The van der Waals surface area contributed by atoms with Gasteiger partial charge in [-0.25, -0.2) is 4.98 Å². The predicted molar refractivity (Wildman–Crippen MR) is 98.7 cm³/mol. The Balaban J connectivity index is 1.85. The zero-order valence-corrected chi connectivity index (χ0v) is 15.3. The van der Waals surface area contributed by atoms with Crippen LogP contribution in [0.2, 0.25) is 0 Å². The highest BCUT2D eigenvalue weighted by atomic mass is 16.5. The van der Waals surface area contributed by atoms with Crippen molar-refractivity contribution in [3.05, 3.63) is 47.9 Å². The van der Waals surface area contributed by atoms with Crippen LogP contribution in [-0.2, 0) is 4.74 Å². The van der Waals surface area contributed by atoms with Crippen LogP contribution < -0.4 is 4.74 Å². The third kappa shape index (κ3) is 4.31. The van der Waals surface area contributed by atoms with Crippen molar-refractivity contribution in [3.63, 3.8) is 0 Å². The van der Waals surface area contributed by atoms with E-state index >= 15 is 0 Å². The second-order valence-corrected chi connectivity index (χ2v) is 6.53. The van der Waals surface area contributed by atoms with Crippen molar-refractivity contribution in [1.29, 1.82) is 0 Å². The highest BCUT2D eigenvalue weighted by molar-refractivity contribution is 5.56. The summed E-state index contributed by atoms with van der Waals surface area (Å²) >= 11 is 0. The fraction of sp³-hybridized carbons (Fsp3) is 0.476. The van der Waals surface area contributed by atoms with Crippen LogP contribution in [0, 0.1) is 6.92 Å². The van der Waals surface area contributed by atoms with Gasteiger partial charge in [0.15, 0.2) is 0 Å². The Labute approximate surface area is 149 Å². The fourth-order valence-corrected chi connectivity index (χ4v) is 3.34. The molecule has 0 amide bonds. The Morgan fingerprint density at radius 2 is 2.04 bits per heavy atom. The van der Waals surface area contributed by atoms with Crippen LogP contribution in [0.15, 0.2) is 40.8 Å². The van der Waals surface area contributed by atoms with Gasteiger partial charge >= 0.3 is 0 Å². The monoisotopic (exact) mass is 341 g/mol. The van der Waals surface area contributed by atoms with Gasteiger partial charge in [-0.3, -0.25) is 0 Å². The topological polar surface area (TPSA) is 44.5 Å². The lowest BCUT2D eigenvalue weighted by atomic mass is 9.97. The minimum atomic E-state index is -0.156. The quantitative estimate of drug-likeness (QED) is 0.639. The van der Waals surface area contributed by atoms with Crippen molar-refractivity contribution >= 4 is 0 Å². The first-order valence-corrected chi connectivity index (χ1v) is 9.11. The lowest BCUT2D eigenvalue weighted by Gasteiger charge is -2.25. The van der Waals surface area contributed by atoms with Gasteiger partial charge < -0.3 is 13.9 Å². The van der Waals surface area contributed by atoms with Crippen molar-refractivity contribution < 1.29 is 13.9 Å². The number of hydrogen-bond acceptors (Lipinski definition) is 4. The Hall–Kier alpha value is -2.07. The number of ether oxygens (including phenoxy) is 2. The molecule has 1 atom stereocenters. The summed E-state index contributed by atoms with van der Waals surface area (Å²) in [6.07, 6.45) is 10.3. The first kappa shape index (κ1) is 17.7. The number of oxazole rings is 1. The number of nitrogens with zero attached hydrogens (tertiary/aromatic N) is 1. The van der Waals surface area contributed by atoms with Gasteiger partial charge in [0.05, 0.1) is 13.2 Å². The number of allylic oxidation sites excluding steroid dienone is 1. The van der Waals surface area contributed by atoms with Crippen molar-refractivity contribution in [2.45, 2.75) is 58.2 Å². The standard InChI is InChI=1S/C21H27NO3/c1-4-9-19(25-17-11-6-5-7-12-17)20-15(2)24-21(22-20)16-10-8-13-18(14-16)23-3/h4,8-10,13-14,17,19H,5-7,11-12H2,1-3H3. The van der Waals surface area contributed by atoms with E-state index in [0.29, 0.717) is 12.0 Å². The second-order valence-electron chi connectivity index (χ2n) is 6.53. The van der Waals surface area contributed by atoms with E-state index in [1.807, 2.05) is 44.2 Å². The Bertz CT molecular complexity index is 714. The first-order chi connectivity index (χ1) is 12.2. The fourth-order valence-electron chi connectivity index (χ4n) is 3.34. The van der Waals surface area contributed by atoms with Gasteiger partial charge in [0.25, 0.3) is 0 Å². The molecule has 1 fully saturated rings. The molecule has 2 aromatic rings. The van der Waals surface area contributed by atoms with E-state index in [1.165, 1.54) is 19.3 Å². The molecular formula is C21H27NO3. The number of aryl methyl sites for hydroxylation is 1. The van der Waals surface area contributed by atoms with Crippen molar-refractivity contribution in [3.8, 4) is 17.2 Å². The van der Waals surface area contributed by atoms with Crippen molar-refractivity contribution in [2.24, 2.45) is 0 Å². The maximum Gasteiger partial charge on any atom is 0.226 e. The molecule has 1 saturated carbocycles. The minimum Gasteiger partial charge on any atom is -0.497 e. The summed E-state index contributed by atoms with van der Waals surface area (Å²) in [5.74, 6) is 2.20. The Morgan fingerprint density at radius 3 is 2.76 bits per heavy atom. The normalized spacial score (nSPS) is 17.1. The molecule has 1 aromatic heterocycles. The largest absolute Gasteiger partial charge is 0.497 e. The van der Waals surface area contributed by atoms with E-state index in [9.17, 15) is 0 Å². The second kappa shape index (κ2) is 8.34. The molecule has 1 aromatic carbocycles. The number of methoxy groups -OCH3 is 1. The van der Waals surface area contributed by atoms with Gasteiger partial charge in [-0.2, -0.15) is 0 Å². The third-order valence-corrected chi connectivity index (χ3v) is 4.68. The van der Waals surface area contributed by atoms with Crippen LogP contribution in [0.3, 0.4) is 0 Å². The van der Waals surface area contributed by atoms with Crippen LogP contribution in [0.5, 0.6) is 5.75 Å². The molecule has 0 saturated heterocycles. The van der Waals surface area contributed by atoms with E-state index in [1.54, 1.807) is 7.11 Å². The minimum absolute atomic E-state index is 0.156. The van der Waals surface area contributed by atoms with Crippen LogP contribution in [0.1, 0.15) is 56.6 Å². The van der Waals surface area contributed by atoms with Crippen molar-refractivity contribution in [1.82, 2.24) is 4.98 Å². The van der Waals surface area contributed by atoms with Gasteiger partial charge in [0, 0.05) is 5.56 Å². The molecule has 134 valence electrons. The average molecular weight is 341 g/mol. The van der Waals surface area contributed by atoms with Crippen molar-refractivity contribution in [2.75, 3.05) is 7.11 Å². The lowest BCUT2D eigenvalue weighted by Crippen LogP contribution is -2.19. The maximum absolute atomic E-state index is 6.36. The number of hydrogen-bond donors (Lipinski definition) is 0. The van der Waals surface area contributed by atoms with E-state index in [0.717, 1.165) is 35.6 Å². The molecule has 4 heteroatoms. The third-order valence-electron chi connectivity index (χ3n) is 4.68. The summed E-state index contributed by atoms with van der Waals surface area (Å²) in [4.78, 5) is 4.74. The molecule has 4 nitrogen and oxygen atoms in total. The Kier molecular flexibility index (Phi) is 5.92. The number of aromatic nitrogens is 1. The molecule has 0 spiro atoms. The zero-order valence-electron chi connectivity index (χ0n) is 15.3. The molecule has 0 bridgehead atoms. The predicted octanol–water partition coefficient (Wildman–Crippen LogP) is 5.63. The molecule has 0 N–H and O–H groups in total. The molecule has 1 aliphatic carbocycles. The van der Waals surface area contributed by atoms with Crippen LogP contribution >= 0.6 is 0 Å². The summed E-state index contributed by atoms with van der Waals surface area (Å²) in [6.45, 7) is 3.96. The highest BCUT2D eigenvalue weighted by Gasteiger charge is 2.24. The van der Waals surface area contributed by atoms with Gasteiger partial charge in [0.1, 0.15) is 23.3 Å². The van der Waals surface area contributed by atoms with E-state index in [4.69, 9.17) is 18.9 Å². The van der Waals surface area contributed by atoms with Gasteiger partial charge in [-0.15, -0.1) is 0 Å². The number of rotatable bonds is 6. The van der Waals surface area contributed by atoms with E-state index in [-0.39, 0.29) is 6.10 Å². The highest BCUT2D eigenvalue weighted by Crippen LogP contribution is 2.32. The van der Waals surface area contributed by atoms with E-state index in [2.05, 4.69) is 6.08 Å². The summed E-state index contributed by atoms with van der Waals surface area (Å²) in [5.41, 5.74) is 1.77. The summed E-state index contributed by atoms with van der Waals surface area (Å²) in [5, 5.41) is 0. The number of benzene rings is 1. The van der Waals surface area contributed by atoms with Crippen LogP contribution in [0.4, 0.5) is 0 Å². The zero-order chi connectivity index (χ0) is 17.6. The molecule has 1 aliphatic rings.